The molecule has 0 spiro atoms. The number of carbonyl (C=O) groups excluding carboxylic acids is 2. The summed E-state index contributed by atoms with van der Waals surface area (Å²) in [6.07, 6.45) is 1.81. The molecule has 1 unspecified atom stereocenters. The van der Waals surface area contributed by atoms with Gasteiger partial charge in [0.1, 0.15) is 11.6 Å². The standard InChI is InChI=1S/C18H18F2N2O2S/c1-9-7-15(22-17(23)11-3-4-11)25-16(9)18(24)21-10(2)13-6-5-12(19)8-14(13)20/h5-8,10-11H,3-4H2,1-2H3,(H,21,24)(H,22,23). The van der Waals surface area contributed by atoms with E-state index in [2.05, 4.69) is 10.6 Å². The molecule has 0 saturated heterocycles. The third-order valence-corrected chi connectivity index (χ3v) is 5.25. The van der Waals surface area contributed by atoms with Crippen molar-refractivity contribution in [1.29, 1.82) is 0 Å². The zero-order valence-corrected chi connectivity index (χ0v) is 14.7. The number of carbonyl (C=O) groups is 2. The highest BCUT2D eigenvalue weighted by molar-refractivity contribution is 7.18. The molecular weight excluding hydrogens is 346 g/mol. The van der Waals surface area contributed by atoms with Gasteiger partial charge in [-0.2, -0.15) is 0 Å². The average molecular weight is 364 g/mol. The molecule has 2 N–H and O–H groups in total. The highest BCUT2D eigenvalue weighted by Gasteiger charge is 2.30. The van der Waals surface area contributed by atoms with Gasteiger partial charge in [-0.05, 0) is 44.4 Å². The number of amides is 2. The minimum atomic E-state index is -0.701. The smallest absolute Gasteiger partial charge is 0.262 e. The van der Waals surface area contributed by atoms with Crippen molar-refractivity contribution >= 4 is 28.2 Å². The summed E-state index contributed by atoms with van der Waals surface area (Å²) in [6.45, 7) is 3.41. The number of hydrogen-bond donors (Lipinski definition) is 2. The Hall–Kier alpha value is -2.28. The summed E-state index contributed by atoms with van der Waals surface area (Å²) >= 11 is 1.19. The SMILES string of the molecule is Cc1cc(NC(=O)C2CC2)sc1C(=O)NC(C)c1ccc(F)cc1F. The van der Waals surface area contributed by atoms with E-state index in [1.807, 2.05) is 0 Å². The Bertz CT molecular complexity index is 830. The number of thiophene rings is 1. The topological polar surface area (TPSA) is 58.2 Å². The molecule has 25 heavy (non-hydrogen) atoms. The molecule has 2 aromatic rings. The first-order valence-corrected chi connectivity index (χ1v) is 8.84. The van der Waals surface area contributed by atoms with Crippen LogP contribution in [0.3, 0.4) is 0 Å². The Kier molecular flexibility index (Phi) is 4.85. The van der Waals surface area contributed by atoms with Crippen LogP contribution in [0.15, 0.2) is 24.3 Å². The van der Waals surface area contributed by atoms with Crippen LogP contribution in [-0.4, -0.2) is 11.8 Å². The van der Waals surface area contributed by atoms with Crippen LogP contribution in [0.1, 0.15) is 46.6 Å². The second-order valence-electron chi connectivity index (χ2n) is 6.25. The molecule has 3 rings (SSSR count). The highest BCUT2D eigenvalue weighted by atomic mass is 32.1. The molecule has 0 radical (unpaired) electrons. The quantitative estimate of drug-likeness (QED) is 0.836. The van der Waals surface area contributed by atoms with Gasteiger partial charge in [-0.15, -0.1) is 11.3 Å². The molecule has 0 bridgehead atoms. The highest BCUT2D eigenvalue weighted by Crippen LogP contribution is 2.33. The fraction of sp³-hybridized carbons (Fsp3) is 0.333. The minimum Gasteiger partial charge on any atom is -0.345 e. The maximum Gasteiger partial charge on any atom is 0.262 e. The largest absolute Gasteiger partial charge is 0.345 e. The molecule has 1 aromatic carbocycles. The van der Waals surface area contributed by atoms with E-state index in [1.165, 1.54) is 17.4 Å². The Morgan fingerprint density at radius 1 is 1.24 bits per heavy atom. The summed E-state index contributed by atoms with van der Waals surface area (Å²) in [5.74, 6) is -1.65. The predicted octanol–water partition coefficient (Wildman–Crippen LogP) is 4.17. The number of halogens is 2. The fourth-order valence-corrected chi connectivity index (χ4v) is 3.51. The summed E-state index contributed by atoms with van der Waals surface area (Å²) in [7, 11) is 0. The van der Waals surface area contributed by atoms with Gasteiger partial charge in [0.15, 0.2) is 0 Å². The molecule has 1 aliphatic rings. The molecule has 7 heteroatoms. The van der Waals surface area contributed by atoms with Crippen LogP contribution >= 0.6 is 11.3 Å². The van der Waals surface area contributed by atoms with Crippen molar-refractivity contribution in [2.45, 2.75) is 32.7 Å². The number of hydrogen-bond acceptors (Lipinski definition) is 3. The number of anilines is 1. The van der Waals surface area contributed by atoms with Gasteiger partial charge in [-0.1, -0.05) is 6.07 Å². The average Bonchev–Trinajstić information content (AvgIpc) is 3.31. The van der Waals surface area contributed by atoms with E-state index in [0.717, 1.165) is 30.5 Å². The maximum atomic E-state index is 13.8. The van der Waals surface area contributed by atoms with Gasteiger partial charge < -0.3 is 10.6 Å². The van der Waals surface area contributed by atoms with E-state index in [9.17, 15) is 18.4 Å². The number of rotatable bonds is 5. The summed E-state index contributed by atoms with van der Waals surface area (Å²) < 4.78 is 26.8. The lowest BCUT2D eigenvalue weighted by atomic mass is 10.1. The van der Waals surface area contributed by atoms with Crippen molar-refractivity contribution in [3.05, 3.63) is 51.9 Å². The minimum absolute atomic E-state index is 0.0186. The first-order valence-electron chi connectivity index (χ1n) is 8.02. The Balaban J connectivity index is 1.70. The zero-order valence-electron chi connectivity index (χ0n) is 13.9. The third-order valence-electron chi connectivity index (χ3n) is 4.10. The molecule has 1 fully saturated rings. The molecule has 1 heterocycles. The number of benzene rings is 1. The second-order valence-corrected chi connectivity index (χ2v) is 7.30. The van der Waals surface area contributed by atoms with Crippen molar-refractivity contribution in [2.24, 2.45) is 5.92 Å². The van der Waals surface area contributed by atoms with Crippen LogP contribution in [0.2, 0.25) is 0 Å². The molecule has 132 valence electrons. The van der Waals surface area contributed by atoms with Gasteiger partial charge in [-0.25, -0.2) is 8.78 Å². The van der Waals surface area contributed by atoms with Crippen LogP contribution in [0.25, 0.3) is 0 Å². The maximum absolute atomic E-state index is 13.8. The Morgan fingerprint density at radius 3 is 2.60 bits per heavy atom. The lowest BCUT2D eigenvalue weighted by Gasteiger charge is -2.15. The zero-order chi connectivity index (χ0) is 18.1. The van der Waals surface area contributed by atoms with Gasteiger partial charge in [0, 0.05) is 17.5 Å². The molecule has 1 aromatic heterocycles. The molecule has 1 aliphatic carbocycles. The summed E-state index contributed by atoms with van der Waals surface area (Å²) in [5.41, 5.74) is 0.951. The van der Waals surface area contributed by atoms with E-state index in [0.29, 0.717) is 9.88 Å². The lowest BCUT2D eigenvalue weighted by molar-refractivity contribution is -0.117. The van der Waals surface area contributed by atoms with Gasteiger partial charge in [-0.3, -0.25) is 9.59 Å². The second kappa shape index (κ2) is 6.92. The first-order chi connectivity index (χ1) is 11.8. The van der Waals surface area contributed by atoms with Crippen LogP contribution in [0.5, 0.6) is 0 Å². The number of aryl methyl sites for hydroxylation is 1. The van der Waals surface area contributed by atoms with Gasteiger partial charge in [0.2, 0.25) is 5.91 Å². The van der Waals surface area contributed by atoms with Gasteiger partial charge in [0.25, 0.3) is 5.91 Å². The van der Waals surface area contributed by atoms with Crippen LogP contribution in [0.4, 0.5) is 13.8 Å². The van der Waals surface area contributed by atoms with Crippen molar-refractivity contribution in [3.8, 4) is 0 Å². The predicted molar refractivity (Wildman–Crippen MR) is 92.6 cm³/mol. The van der Waals surface area contributed by atoms with Crippen LogP contribution in [-0.2, 0) is 4.79 Å². The normalized spacial score (nSPS) is 14.9. The lowest BCUT2D eigenvalue weighted by Crippen LogP contribution is -2.27. The number of nitrogens with one attached hydrogen (secondary N) is 2. The van der Waals surface area contributed by atoms with Crippen molar-refractivity contribution in [3.63, 3.8) is 0 Å². The summed E-state index contributed by atoms with van der Waals surface area (Å²) in [6, 6.07) is 4.41. The molecule has 1 atom stereocenters. The van der Waals surface area contributed by atoms with Crippen LogP contribution in [0, 0.1) is 24.5 Å². The fourth-order valence-electron chi connectivity index (χ4n) is 2.53. The molecule has 1 saturated carbocycles. The summed E-state index contributed by atoms with van der Waals surface area (Å²) in [4.78, 5) is 24.7. The molecule has 0 aliphatic heterocycles. The molecule has 2 amide bonds. The summed E-state index contributed by atoms with van der Waals surface area (Å²) in [5, 5.41) is 6.16. The van der Waals surface area contributed by atoms with E-state index >= 15 is 0 Å². The third kappa shape index (κ3) is 4.04. The van der Waals surface area contributed by atoms with Crippen molar-refractivity contribution in [2.75, 3.05) is 5.32 Å². The van der Waals surface area contributed by atoms with E-state index < -0.39 is 17.7 Å². The monoisotopic (exact) mass is 364 g/mol. The first kappa shape index (κ1) is 17.5. The molecular formula is C18H18F2N2O2S. The van der Waals surface area contributed by atoms with Crippen molar-refractivity contribution < 1.29 is 18.4 Å². The Labute approximate surface area is 148 Å². The van der Waals surface area contributed by atoms with Crippen molar-refractivity contribution in [1.82, 2.24) is 5.32 Å². The van der Waals surface area contributed by atoms with E-state index in [1.54, 1.807) is 19.9 Å². The van der Waals surface area contributed by atoms with Crippen LogP contribution < -0.4 is 10.6 Å². The van der Waals surface area contributed by atoms with E-state index in [4.69, 9.17) is 0 Å². The van der Waals surface area contributed by atoms with Gasteiger partial charge >= 0.3 is 0 Å². The van der Waals surface area contributed by atoms with E-state index in [-0.39, 0.29) is 23.3 Å². The van der Waals surface area contributed by atoms with Gasteiger partial charge in [0.05, 0.1) is 15.9 Å². The Morgan fingerprint density at radius 2 is 1.96 bits per heavy atom. The molecule has 4 nitrogen and oxygen atoms in total.